The van der Waals surface area contributed by atoms with Gasteiger partial charge in [-0.15, -0.1) is 0 Å². The normalized spacial score (nSPS) is 11.8. The summed E-state index contributed by atoms with van der Waals surface area (Å²) in [5.74, 6) is 0. The van der Waals surface area contributed by atoms with E-state index in [-0.39, 0.29) is 23.0 Å². The van der Waals surface area contributed by atoms with Crippen LogP contribution >= 0.6 is 0 Å². The zero-order valence-corrected chi connectivity index (χ0v) is 12.7. The van der Waals surface area contributed by atoms with Gasteiger partial charge in [0.1, 0.15) is 6.07 Å². The lowest BCUT2D eigenvalue weighted by Crippen LogP contribution is -2.08. The Morgan fingerprint density at radius 2 is 1.96 bits per heavy atom. The number of anilines is 1. The van der Waals surface area contributed by atoms with Gasteiger partial charge in [0.15, 0.2) is 0 Å². The van der Waals surface area contributed by atoms with E-state index in [1.54, 1.807) is 6.07 Å². The first-order valence-corrected chi connectivity index (χ1v) is 7.15. The predicted octanol–water partition coefficient (Wildman–Crippen LogP) is 2.81. The topological polar surface area (TPSA) is 128 Å². The number of nitro benzene ring substituents is 1. The lowest BCUT2D eigenvalue weighted by Gasteiger charge is -2.16. The molecule has 3 N–H and O–H groups in total. The molecule has 0 bridgehead atoms. The molecule has 0 aliphatic heterocycles. The highest BCUT2D eigenvalue weighted by Gasteiger charge is 2.13. The second kappa shape index (κ2) is 5.89. The van der Waals surface area contributed by atoms with Crippen LogP contribution < -0.4 is 11.0 Å². The molecule has 3 aromatic rings. The number of H-pyrrole nitrogens is 2. The van der Waals surface area contributed by atoms with E-state index >= 15 is 0 Å². The molecule has 0 saturated heterocycles. The summed E-state index contributed by atoms with van der Waals surface area (Å²) in [4.78, 5) is 26.9. The van der Waals surface area contributed by atoms with Gasteiger partial charge in [-0.2, -0.15) is 5.26 Å². The van der Waals surface area contributed by atoms with Crippen molar-refractivity contribution in [2.75, 3.05) is 5.32 Å². The monoisotopic (exact) mass is 323 g/mol. The Bertz CT molecular complexity index is 1030. The largest absolute Gasteiger partial charge is 0.377 e. The summed E-state index contributed by atoms with van der Waals surface area (Å²) in [7, 11) is 0. The maximum Gasteiger partial charge on any atom is 0.323 e. The zero-order valence-electron chi connectivity index (χ0n) is 12.7. The summed E-state index contributed by atoms with van der Waals surface area (Å²) in [6.45, 7) is 1.90. The van der Waals surface area contributed by atoms with Crippen LogP contribution in [0.4, 0.5) is 11.4 Å². The first-order chi connectivity index (χ1) is 11.5. The van der Waals surface area contributed by atoms with Crippen molar-refractivity contribution in [1.82, 2.24) is 9.97 Å². The fourth-order valence-electron chi connectivity index (χ4n) is 2.50. The van der Waals surface area contributed by atoms with Crippen molar-refractivity contribution in [3.8, 4) is 6.07 Å². The number of aromatic nitrogens is 2. The average molecular weight is 323 g/mol. The van der Waals surface area contributed by atoms with E-state index in [9.17, 15) is 20.2 Å². The number of non-ortho nitro benzene ring substituents is 1. The molecule has 0 radical (unpaired) electrons. The molecule has 3 rings (SSSR count). The predicted molar refractivity (Wildman–Crippen MR) is 88.8 cm³/mol. The van der Waals surface area contributed by atoms with Crippen molar-refractivity contribution in [1.29, 1.82) is 5.26 Å². The number of benzene rings is 2. The molecule has 8 nitrogen and oxygen atoms in total. The molecule has 120 valence electrons. The van der Waals surface area contributed by atoms with E-state index in [1.165, 1.54) is 18.2 Å². The minimum atomic E-state index is -0.537. The number of fused-ring (bicyclic) bond motifs is 1. The van der Waals surface area contributed by atoms with Crippen LogP contribution in [0.5, 0.6) is 0 Å². The van der Waals surface area contributed by atoms with Crippen LogP contribution in [-0.2, 0) is 0 Å². The van der Waals surface area contributed by atoms with Crippen LogP contribution in [0.15, 0.2) is 41.2 Å². The molecule has 24 heavy (non-hydrogen) atoms. The van der Waals surface area contributed by atoms with E-state index in [0.29, 0.717) is 16.7 Å². The Kier molecular flexibility index (Phi) is 3.75. The second-order valence-electron chi connectivity index (χ2n) is 5.35. The van der Waals surface area contributed by atoms with Gasteiger partial charge in [-0.3, -0.25) is 10.1 Å². The quantitative estimate of drug-likeness (QED) is 0.502. The Balaban J connectivity index is 1.90. The van der Waals surface area contributed by atoms with E-state index in [0.717, 1.165) is 5.56 Å². The van der Waals surface area contributed by atoms with E-state index in [1.807, 2.05) is 25.1 Å². The van der Waals surface area contributed by atoms with E-state index in [2.05, 4.69) is 15.3 Å². The van der Waals surface area contributed by atoms with Crippen molar-refractivity contribution in [3.05, 3.63) is 68.1 Å². The number of rotatable bonds is 4. The van der Waals surface area contributed by atoms with E-state index < -0.39 is 4.92 Å². The maximum absolute atomic E-state index is 11.3. The molecule has 1 atom stereocenters. The van der Waals surface area contributed by atoms with Gasteiger partial charge in [0, 0.05) is 18.2 Å². The highest BCUT2D eigenvalue weighted by molar-refractivity contribution is 5.75. The number of nitro groups is 1. The van der Waals surface area contributed by atoms with Crippen LogP contribution in [0.2, 0.25) is 0 Å². The number of nitrogens with zero attached hydrogens (tertiary/aromatic N) is 2. The third-order valence-corrected chi connectivity index (χ3v) is 3.75. The molecule has 1 aromatic heterocycles. The summed E-state index contributed by atoms with van der Waals surface area (Å²) >= 11 is 0. The van der Waals surface area contributed by atoms with Crippen LogP contribution in [-0.4, -0.2) is 14.9 Å². The number of hydrogen-bond acceptors (Lipinski definition) is 5. The minimum Gasteiger partial charge on any atom is -0.377 e. The van der Waals surface area contributed by atoms with Crippen LogP contribution in [0.3, 0.4) is 0 Å². The Morgan fingerprint density at radius 1 is 1.21 bits per heavy atom. The highest BCUT2D eigenvalue weighted by Crippen LogP contribution is 2.26. The summed E-state index contributed by atoms with van der Waals surface area (Å²) in [6, 6.07) is 11.4. The second-order valence-corrected chi connectivity index (χ2v) is 5.35. The van der Waals surface area contributed by atoms with Crippen LogP contribution in [0.1, 0.15) is 24.1 Å². The Hall–Kier alpha value is -3.60. The fourth-order valence-corrected chi connectivity index (χ4v) is 2.50. The molecule has 0 spiro atoms. The number of nitriles is 1. The molecular formula is C16H13N5O3. The molecule has 0 amide bonds. The maximum atomic E-state index is 11.3. The highest BCUT2D eigenvalue weighted by atomic mass is 16.6. The van der Waals surface area contributed by atoms with Crippen LogP contribution in [0, 0.1) is 21.4 Å². The van der Waals surface area contributed by atoms with Gasteiger partial charge in [0.2, 0.25) is 0 Å². The molecule has 0 saturated carbocycles. The molecule has 0 aliphatic rings. The standard InChI is InChI=1S/C16H13N5O3/c1-9(10-2-4-14-15(7-10)20-16(22)19-14)18-13-5-3-12(21(23)24)6-11(13)8-17/h2-7,9,18H,1H3,(H2,19,20,22). The molecule has 8 heteroatoms. The first-order valence-electron chi connectivity index (χ1n) is 7.15. The van der Waals surface area contributed by atoms with Crippen molar-refractivity contribution < 1.29 is 4.92 Å². The average Bonchev–Trinajstić information content (AvgIpc) is 2.93. The van der Waals surface area contributed by atoms with Gasteiger partial charge in [-0.05, 0) is 30.7 Å². The first kappa shape index (κ1) is 15.3. The lowest BCUT2D eigenvalue weighted by atomic mass is 10.1. The SMILES string of the molecule is CC(Nc1ccc([N+](=O)[O-])cc1C#N)c1ccc2[nH]c(=O)[nH]c2c1. The Morgan fingerprint density at radius 3 is 2.67 bits per heavy atom. The van der Waals surface area contributed by atoms with Crippen molar-refractivity contribution in [3.63, 3.8) is 0 Å². The third-order valence-electron chi connectivity index (χ3n) is 3.75. The minimum absolute atomic E-state index is 0.129. The van der Waals surface area contributed by atoms with Gasteiger partial charge in [-0.1, -0.05) is 6.07 Å². The number of imidazole rings is 1. The molecule has 1 unspecified atom stereocenters. The third kappa shape index (κ3) is 2.83. The smallest absolute Gasteiger partial charge is 0.323 e. The molecule has 0 fully saturated rings. The molecule has 0 aliphatic carbocycles. The van der Waals surface area contributed by atoms with Gasteiger partial charge >= 0.3 is 5.69 Å². The van der Waals surface area contributed by atoms with Crippen molar-refractivity contribution >= 4 is 22.4 Å². The summed E-state index contributed by atoms with van der Waals surface area (Å²) in [5.41, 5.74) is 2.62. The van der Waals surface area contributed by atoms with Gasteiger partial charge in [0.05, 0.1) is 27.2 Å². The van der Waals surface area contributed by atoms with Gasteiger partial charge in [0.25, 0.3) is 5.69 Å². The lowest BCUT2D eigenvalue weighted by molar-refractivity contribution is -0.384. The zero-order chi connectivity index (χ0) is 17.3. The number of hydrogen-bond donors (Lipinski definition) is 3. The van der Waals surface area contributed by atoms with Gasteiger partial charge in [-0.25, -0.2) is 4.79 Å². The summed E-state index contributed by atoms with van der Waals surface area (Å²) < 4.78 is 0. The van der Waals surface area contributed by atoms with Crippen molar-refractivity contribution in [2.45, 2.75) is 13.0 Å². The fraction of sp³-hybridized carbons (Fsp3) is 0.125. The number of nitrogens with one attached hydrogen (secondary N) is 3. The summed E-state index contributed by atoms with van der Waals surface area (Å²) in [6.07, 6.45) is 0. The van der Waals surface area contributed by atoms with Gasteiger partial charge < -0.3 is 15.3 Å². The molecule has 1 heterocycles. The number of aromatic amines is 2. The Labute approximate surface area is 135 Å². The molecule has 2 aromatic carbocycles. The van der Waals surface area contributed by atoms with Crippen LogP contribution in [0.25, 0.3) is 11.0 Å². The van der Waals surface area contributed by atoms with E-state index in [4.69, 9.17) is 0 Å². The molecular weight excluding hydrogens is 310 g/mol. The van der Waals surface area contributed by atoms with Crippen molar-refractivity contribution in [2.24, 2.45) is 0 Å². The summed E-state index contributed by atoms with van der Waals surface area (Å²) in [5, 5.41) is 23.2.